The highest BCUT2D eigenvalue weighted by atomic mass is 16.5. The van der Waals surface area contributed by atoms with Crippen molar-refractivity contribution in [3.63, 3.8) is 0 Å². The molecule has 0 unspecified atom stereocenters. The molecule has 126 valence electrons. The van der Waals surface area contributed by atoms with E-state index in [2.05, 4.69) is 22.3 Å². The van der Waals surface area contributed by atoms with Crippen LogP contribution in [0.5, 0.6) is 0 Å². The van der Waals surface area contributed by atoms with Crippen molar-refractivity contribution < 1.29 is 14.4 Å². The lowest BCUT2D eigenvalue weighted by Gasteiger charge is -2.21. The van der Waals surface area contributed by atoms with Crippen LogP contribution in [0.2, 0.25) is 0 Å². The normalized spacial score (nSPS) is 29.0. The molecule has 6 nitrogen and oxygen atoms in total. The van der Waals surface area contributed by atoms with Gasteiger partial charge in [-0.25, -0.2) is 0 Å². The number of carbonyl (C=O) groups excluding carboxylic acids is 1. The number of benzene rings is 1. The first-order valence-corrected chi connectivity index (χ1v) is 8.44. The van der Waals surface area contributed by atoms with Gasteiger partial charge < -0.3 is 14.5 Å². The number of β-amino-alcohol motifs (C(OH)–C–C–N with tert-alkyl or cyclic N) is 1. The number of aliphatic hydroxyl groups excluding tert-OH is 1. The average molecular weight is 327 g/mol. The monoisotopic (exact) mass is 327 g/mol. The van der Waals surface area contributed by atoms with Gasteiger partial charge in [-0.1, -0.05) is 35.5 Å². The fraction of sp³-hybridized carbons (Fsp3) is 0.500. The molecule has 4 atom stereocenters. The highest BCUT2D eigenvalue weighted by Gasteiger charge is 2.44. The number of aromatic nitrogens is 2. The molecule has 0 bridgehead atoms. The molecule has 1 amide bonds. The summed E-state index contributed by atoms with van der Waals surface area (Å²) in [5.41, 5.74) is 1.31. The first-order chi connectivity index (χ1) is 11.6. The van der Waals surface area contributed by atoms with Crippen molar-refractivity contribution in [3.05, 3.63) is 47.6 Å². The molecule has 2 aromatic rings. The maximum atomic E-state index is 12.7. The Morgan fingerprint density at radius 3 is 2.83 bits per heavy atom. The number of likely N-dealkylation sites (tertiary alicyclic amines) is 1. The zero-order valence-electron chi connectivity index (χ0n) is 13.6. The minimum Gasteiger partial charge on any atom is -0.391 e. The zero-order valence-corrected chi connectivity index (χ0v) is 13.6. The Labute approximate surface area is 140 Å². The van der Waals surface area contributed by atoms with E-state index in [1.54, 1.807) is 11.8 Å². The summed E-state index contributed by atoms with van der Waals surface area (Å²) in [7, 11) is 0. The van der Waals surface area contributed by atoms with Crippen molar-refractivity contribution in [2.24, 2.45) is 5.92 Å². The zero-order chi connectivity index (χ0) is 16.7. The summed E-state index contributed by atoms with van der Waals surface area (Å²) < 4.78 is 5.22. The van der Waals surface area contributed by atoms with E-state index in [-0.39, 0.29) is 11.9 Å². The lowest BCUT2D eigenvalue weighted by Crippen LogP contribution is -2.32. The minimum atomic E-state index is -0.532. The fourth-order valence-electron chi connectivity index (χ4n) is 3.70. The van der Waals surface area contributed by atoms with Crippen LogP contribution < -0.4 is 0 Å². The van der Waals surface area contributed by atoms with Crippen molar-refractivity contribution in [2.75, 3.05) is 6.54 Å². The molecule has 1 aliphatic heterocycles. The van der Waals surface area contributed by atoms with E-state index in [1.165, 1.54) is 5.56 Å². The Bertz CT molecular complexity index is 730. The Morgan fingerprint density at radius 1 is 1.33 bits per heavy atom. The van der Waals surface area contributed by atoms with E-state index in [4.69, 9.17) is 4.52 Å². The van der Waals surface area contributed by atoms with Gasteiger partial charge in [0, 0.05) is 19.4 Å². The van der Waals surface area contributed by atoms with Gasteiger partial charge >= 0.3 is 0 Å². The quantitative estimate of drug-likeness (QED) is 0.931. The number of hydrogen-bond acceptors (Lipinski definition) is 5. The van der Waals surface area contributed by atoms with Gasteiger partial charge in [0.15, 0.2) is 5.82 Å². The second-order valence-corrected chi connectivity index (χ2v) is 6.85. The van der Waals surface area contributed by atoms with Crippen LogP contribution in [0, 0.1) is 12.8 Å². The number of aliphatic hydroxyl groups is 1. The summed E-state index contributed by atoms with van der Waals surface area (Å²) in [5.74, 6) is 1.91. The Kier molecular flexibility index (Phi) is 3.84. The molecule has 1 saturated heterocycles. The van der Waals surface area contributed by atoms with Crippen LogP contribution in [0.3, 0.4) is 0 Å². The predicted octanol–water partition coefficient (Wildman–Crippen LogP) is 2.21. The third-order valence-electron chi connectivity index (χ3n) is 5.01. The molecule has 1 aromatic carbocycles. The van der Waals surface area contributed by atoms with Gasteiger partial charge in [0.2, 0.25) is 11.8 Å². The van der Waals surface area contributed by atoms with Crippen molar-refractivity contribution in [1.82, 2.24) is 15.0 Å². The van der Waals surface area contributed by atoms with E-state index < -0.39 is 6.10 Å². The van der Waals surface area contributed by atoms with Crippen molar-refractivity contribution in [1.29, 1.82) is 0 Å². The van der Waals surface area contributed by atoms with E-state index >= 15 is 0 Å². The van der Waals surface area contributed by atoms with Gasteiger partial charge in [-0.15, -0.1) is 0 Å². The number of nitrogens with zero attached hydrogens (tertiary/aromatic N) is 3. The van der Waals surface area contributed by atoms with Crippen LogP contribution in [0.25, 0.3) is 0 Å². The van der Waals surface area contributed by atoms with Gasteiger partial charge in [-0.3, -0.25) is 4.79 Å². The van der Waals surface area contributed by atoms with Crippen LogP contribution in [-0.2, 0) is 4.79 Å². The number of aryl methyl sites for hydroxylation is 1. The SMILES string of the molecule is Cc1noc([C@H]2C[C@@H](O)CN2C(=O)C[C@@H]2C[C@H]2c2ccccc2)n1. The summed E-state index contributed by atoms with van der Waals surface area (Å²) in [6.45, 7) is 2.09. The predicted molar refractivity (Wildman–Crippen MR) is 86.0 cm³/mol. The molecule has 1 saturated carbocycles. The fourth-order valence-corrected chi connectivity index (χ4v) is 3.70. The van der Waals surface area contributed by atoms with Crippen LogP contribution in [0.1, 0.15) is 48.5 Å². The average Bonchev–Trinajstić information content (AvgIpc) is 3.01. The number of rotatable bonds is 4. The molecule has 2 heterocycles. The first-order valence-electron chi connectivity index (χ1n) is 8.44. The summed E-state index contributed by atoms with van der Waals surface area (Å²) >= 11 is 0. The standard InChI is InChI=1S/C18H21N3O3/c1-11-19-18(24-20-11)16-9-14(22)10-21(16)17(23)8-13-7-15(13)12-5-3-2-4-6-12/h2-6,13-16,22H,7-10H2,1H3/t13-,14+,15-,16+/m0/s1. The molecular formula is C18H21N3O3. The molecule has 4 rings (SSSR count). The Hall–Kier alpha value is -2.21. The van der Waals surface area contributed by atoms with E-state index in [1.807, 2.05) is 18.2 Å². The molecule has 6 heteroatoms. The molecule has 1 N–H and O–H groups in total. The highest BCUT2D eigenvalue weighted by Crippen LogP contribution is 2.50. The van der Waals surface area contributed by atoms with Crippen molar-refractivity contribution in [2.45, 2.75) is 44.2 Å². The van der Waals surface area contributed by atoms with E-state index in [0.29, 0.717) is 42.9 Å². The lowest BCUT2D eigenvalue weighted by molar-refractivity contribution is -0.133. The molecular weight excluding hydrogens is 306 g/mol. The third kappa shape index (κ3) is 2.94. The summed E-state index contributed by atoms with van der Waals surface area (Å²) in [6, 6.07) is 10.0. The summed E-state index contributed by atoms with van der Waals surface area (Å²) in [6.07, 6.45) is 1.49. The minimum absolute atomic E-state index is 0.0656. The number of hydrogen-bond donors (Lipinski definition) is 1. The highest BCUT2D eigenvalue weighted by molar-refractivity contribution is 5.78. The smallest absolute Gasteiger partial charge is 0.249 e. The van der Waals surface area contributed by atoms with Crippen molar-refractivity contribution >= 4 is 5.91 Å². The molecule has 2 aliphatic rings. The summed E-state index contributed by atoms with van der Waals surface area (Å²) in [4.78, 5) is 18.7. The van der Waals surface area contributed by atoms with Gasteiger partial charge in [-0.2, -0.15) is 4.98 Å². The van der Waals surface area contributed by atoms with Crippen LogP contribution in [0.15, 0.2) is 34.9 Å². The molecule has 0 spiro atoms. The second-order valence-electron chi connectivity index (χ2n) is 6.85. The van der Waals surface area contributed by atoms with Crippen LogP contribution in [-0.4, -0.2) is 38.7 Å². The van der Waals surface area contributed by atoms with Crippen LogP contribution in [0.4, 0.5) is 0 Å². The maximum Gasteiger partial charge on any atom is 0.249 e. The third-order valence-corrected chi connectivity index (χ3v) is 5.01. The van der Waals surface area contributed by atoms with Gasteiger partial charge in [0.25, 0.3) is 0 Å². The summed E-state index contributed by atoms with van der Waals surface area (Å²) in [5, 5.41) is 13.8. The lowest BCUT2D eigenvalue weighted by atomic mass is 10.1. The maximum absolute atomic E-state index is 12.7. The van der Waals surface area contributed by atoms with Gasteiger partial charge in [-0.05, 0) is 30.7 Å². The second kappa shape index (κ2) is 6.02. The molecule has 2 fully saturated rings. The number of amides is 1. The van der Waals surface area contributed by atoms with E-state index in [9.17, 15) is 9.90 Å². The van der Waals surface area contributed by atoms with Crippen LogP contribution >= 0.6 is 0 Å². The molecule has 1 aromatic heterocycles. The number of carbonyl (C=O) groups is 1. The van der Waals surface area contributed by atoms with Gasteiger partial charge in [0.05, 0.1) is 6.10 Å². The topological polar surface area (TPSA) is 79.5 Å². The first kappa shape index (κ1) is 15.3. The molecule has 0 radical (unpaired) electrons. The van der Waals surface area contributed by atoms with Gasteiger partial charge in [0.1, 0.15) is 6.04 Å². The molecule has 1 aliphatic carbocycles. The molecule has 24 heavy (non-hydrogen) atoms. The Morgan fingerprint density at radius 2 is 2.12 bits per heavy atom. The largest absolute Gasteiger partial charge is 0.391 e. The van der Waals surface area contributed by atoms with Crippen molar-refractivity contribution in [3.8, 4) is 0 Å². The Balaban J connectivity index is 1.42. The van der Waals surface area contributed by atoms with E-state index in [0.717, 1.165) is 6.42 Å².